The summed E-state index contributed by atoms with van der Waals surface area (Å²) in [5, 5.41) is 3.66. The fraction of sp³-hybridized carbons (Fsp3) is 0.120. The number of nitrogens with one attached hydrogen (secondary N) is 1. The molecule has 1 heterocycles. The van der Waals surface area contributed by atoms with Gasteiger partial charge in [0.1, 0.15) is 22.1 Å². The van der Waals surface area contributed by atoms with Crippen LogP contribution in [0.5, 0.6) is 11.5 Å². The number of hydrogen-bond acceptors (Lipinski definition) is 6. The summed E-state index contributed by atoms with van der Waals surface area (Å²) in [7, 11) is 3.09. The van der Waals surface area contributed by atoms with E-state index in [0.29, 0.717) is 32.8 Å². The van der Waals surface area contributed by atoms with Crippen LogP contribution in [-0.4, -0.2) is 26.0 Å². The lowest BCUT2D eigenvalue weighted by molar-refractivity contribution is -0.120. The Labute approximate surface area is 201 Å². The average Bonchev–Trinajstić information content (AvgIpc) is 3.04. The number of carbonyl (C=O) groups is 2. The lowest BCUT2D eigenvalue weighted by atomic mass is 10.2. The molecular formula is C25H21ClN2O4S. The maximum atomic E-state index is 13.6. The first-order valence-electron chi connectivity index (χ1n) is 10.0. The van der Waals surface area contributed by atoms with E-state index in [4.69, 9.17) is 21.1 Å². The summed E-state index contributed by atoms with van der Waals surface area (Å²) >= 11 is 7.32. The van der Waals surface area contributed by atoms with Gasteiger partial charge in [-0.25, -0.2) is 4.90 Å². The zero-order chi connectivity index (χ0) is 23.5. The van der Waals surface area contributed by atoms with E-state index < -0.39 is 11.8 Å². The Kier molecular flexibility index (Phi) is 6.62. The van der Waals surface area contributed by atoms with Crippen LogP contribution in [0.1, 0.15) is 5.56 Å². The highest BCUT2D eigenvalue weighted by molar-refractivity contribution is 8.04. The van der Waals surface area contributed by atoms with E-state index in [2.05, 4.69) is 5.32 Å². The number of nitrogens with zero attached hydrogens (tertiary/aromatic N) is 1. The lowest BCUT2D eigenvalue weighted by Crippen LogP contribution is -2.33. The zero-order valence-electron chi connectivity index (χ0n) is 18.2. The van der Waals surface area contributed by atoms with Crippen LogP contribution in [0.3, 0.4) is 0 Å². The number of anilines is 2. The van der Waals surface area contributed by atoms with Crippen molar-refractivity contribution >= 4 is 46.6 Å². The molecule has 0 saturated carbocycles. The molecule has 0 aliphatic carbocycles. The number of methoxy groups -OCH3 is 2. The molecule has 0 aromatic heterocycles. The van der Waals surface area contributed by atoms with Gasteiger partial charge in [-0.1, -0.05) is 41.6 Å². The molecule has 0 spiro atoms. The summed E-state index contributed by atoms with van der Waals surface area (Å²) in [5.41, 5.74) is 1.91. The van der Waals surface area contributed by atoms with E-state index in [1.165, 1.54) is 23.8 Å². The van der Waals surface area contributed by atoms with E-state index in [1.807, 2.05) is 37.3 Å². The van der Waals surface area contributed by atoms with Crippen LogP contribution < -0.4 is 19.7 Å². The van der Waals surface area contributed by atoms with Crippen LogP contribution in [0.4, 0.5) is 11.4 Å². The number of rotatable bonds is 7. The molecule has 0 unspecified atom stereocenters. The highest BCUT2D eigenvalue weighted by Crippen LogP contribution is 2.40. The number of benzene rings is 3. The first kappa shape index (κ1) is 22.8. The van der Waals surface area contributed by atoms with Gasteiger partial charge in [-0.15, -0.1) is 0 Å². The number of halogens is 1. The van der Waals surface area contributed by atoms with E-state index in [9.17, 15) is 9.59 Å². The number of hydrogen-bond donors (Lipinski definition) is 1. The predicted molar refractivity (Wildman–Crippen MR) is 131 cm³/mol. The molecule has 6 nitrogen and oxygen atoms in total. The monoisotopic (exact) mass is 480 g/mol. The predicted octanol–water partition coefficient (Wildman–Crippen LogP) is 5.65. The smallest absolute Gasteiger partial charge is 0.283 e. The maximum absolute atomic E-state index is 13.6. The van der Waals surface area contributed by atoms with Crippen molar-refractivity contribution in [2.24, 2.45) is 0 Å². The second-order valence-corrected chi connectivity index (χ2v) is 8.71. The molecule has 0 radical (unpaired) electrons. The van der Waals surface area contributed by atoms with Crippen molar-refractivity contribution in [1.82, 2.24) is 0 Å². The standard InChI is InChI=1S/C25H21ClN2O4S/c1-15-13-16(26)9-12-20(15)28-24(29)22(23(25(28)30)33-18-7-5-4-6-8-18)27-19-11-10-17(31-2)14-21(19)32-3/h4-14,27H,1-3H3. The van der Waals surface area contributed by atoms with Crippen molar-refractivity contribution in [2.45, 2.75) is 11.8 Å². The fourth-order valence-corrected chi connectivity index (χ4v) is 4.62. The van der Waals surface area contributed by atoms with E-state index in [-0.39, 0.29) is 5.70 Å². The first-order chi connectivity index (χ1) is 15.9. The Morgan fingerprint density at radius 1 is 0.909 bits per heavy atom. The van der Waals surface area contributed by atoms with Gasteiger partial charge in [-0.05, 0) is 55.0 Å². The van der Waals surface area contributed by atoms with Crippen LogP contribution >= 0.6 is 23.4 Å². The van der Waals surface area contributed by atoms with E-state index in [0.717, 1.165) is 10.5 Å². The van der Waals surface area contributed by atoms with Gasteiger partial charge in [0, 0.05) is 16.0 Å². The van der Waals surface area contributed by atoms with Gasteiger partial charge in [-0.2, -0.15) is 0 Å². The van der Waals surface area contributed by atoms with Gasteiger partial charge in [0.2, 0.25) is 0 Å². The van der Waals surface area contributed by atoms with Gasteiger partial charge < -0.3 is 14.8 Å². The maximum Gasteiger partial charge on any atom is 0.283 e. The van der Waals surface area contributed by atoms with Crippen LogP contribution in [-0.2, 0) is 9.59 Å². The molecule has 3 aromatic carbocycles. The Bertz CT molecular complexity index is 1260. The molecule has 1 aliphatic rings. The van der Waals surface area contributed by atoms with Crippen LogP contribution in [0.25, 0.3) is 0 Å². The highest BCUT2D eigenvalue weighted by atomic mass is 35.5. The molecule has 33 heavy (non-hydrogen) atoms. The summed E-state index contributed by atoms with van der Waals surface area (Å²) in [6.07, 6.45) is 0. The van der Waals surface area contributed by atoms with Gasteiger partial charge in [0.05, 0.1) is 25.6 Å². The molecule has 4 rings (SSSR count). The van der Waals surface area contributed by atoms with Crippen molar-refractivity contribution in [3.63, 3.8) is 0 Å². The minimum absolute atomic E-state index is 0.173. The molecule has 1 N–H and O–H groups in total. The molecule has 2 amide bonds. The summed E-state index contributed by atoms with van der Waals surface area (Å²) in [6.45, 7) is 1.81. The Balaban J connectivity index is 1.78. The topological polar surface area (TPSA) is 67.9 Å². The largest absolute Gasteiger partial charge is 0.497 e. The number of ether oxygens (including phenoxy) is 2. The van der Waals surface area contributed by atoms with Crippen LogP contribution in [0, 0.1) is 6.92 Å². The van der Waals surface area contributed by atoms with Crippen LogP contribution in [0.2, 0.25) is 5.02 Å². The quantitative estimate of drug-likeness (QED) is 0.440. The Morgan fingerprint density at radius 2 is 1.67 bits per heavy atom. The number of amides is 2. The number of carbonyl (C=O) groups excluding carboxylic acids is 2. The van der Waals surface area contributed by atoms with Crippen molar-refractivity contribution in [2.75, 3.05) is 24.4 Å². The number of thioether (sulfide) groups is 1. The molecule has 0 bridgehead atoms. The second-order valence-electron chi connectivity index (χ2n) is 7.19. The minimum atomic E-state index is -0.457. The van der Waals surface area contributed by atoms with Gasteiger partial charge in [-0.3, -0.25) is 9.59 Å². The summed E-state index contributed by atoms with van der Waals surface area (Å²) < 4.78 is 10.7. The molecule has 0 saturated heterocycles. The molecule has 8 heteroatoms. The Hall–Kier alpha value is -3.42. The molecular weight excluding hydrogens is 460 g/mol. The third-order valence-corrected chi connectivity index (χ3v) is 6.40. The number of aryl methyl sites for hydroxylation is 1. The van der Waals surface area contributed by atoms with Crippen molar-refractivity contribution < 1.29 is 19.1 Å². The summed E-state index contributed by atoms with van der Waals surface area (Å²) in [5.74, 6) is 0.223. The molecule has 0 fully saturated rings. The molecule has 168 valence electrons. The third-order valence-electron chi connectivity index (χ3n) is 5.07. The summed E-state index contributed by atoms with van der Waals surface area (Å²) in [6, 6.07) is 19.7. The lowest BCUT2D eigenvalue weighted by Gasteiger charge is -2.18. The number of imide groups is 1. The third kappa shape index (κ3) is 4.55. The fourth-order valence-electron chi connectivity index (χ4n) is 3.45. The van der Waals surface area contributed by atoms with Gasteiger partial charge in [0.15, 0.2) is 0 Å². The average molecular weight is 481 g/mol. The van der Waals surface area contributed by atoms with E-state index in [1.54, 1.807) is 43.5 Å². The summed E-state index contributed by atoms with van der Waals surface area (Å²) in [4.78, 5) is 29.4. The molecule has 3 aromatic rings. The first-order valence-corrected chi connectivity index (χ1v) is 11.2. The van der Waals surface area contributed by atoms with E-state index >= 15 is 0 Å². The second kappa shape index (κ2) is 9.60. The SMILES string of the molecule is COc1ccc(NC2=C(Sc3ccccc3)C(=O)N(c3ccc(Cl)cc3C)C2=O)c(OC)c1. The highest BCUT2D eigenvalue weighted by Gasteiger charge is 2.41. The minimum Gasteiger partial charge on any atom is -0.497 e. The van der Waals surface area contributed by atoms with Crippen molar-refractivity contribution in [3.8, 4) is 11.5 Å². The van der Waals surface area contributed by atoms with Gasteiger partial charge in [0.25, 0.3) is 11.8 Å². The Morgan fingerprint density at radius 3 is 2.33 bits per heavy atom. The molecule has 0 atom stereocenters. The van der Waals surface area contributed by atoms with Crippen molar-refractivity contribution in [3.05, 3.63) is 87.9 Å². The van der Waals surface area contributed by atoms with Crippen LogP contribution in [0.15, 0.2) is 82.2 Å². The molecule has 1 aliphatic heterocycles. The zero-order valence-corrected chi connectivity index (χ0v) is 19.8. The van der Waals surface area contributed by atoms with Crippen molar-refractivity contribution in [1.29, 1.82) is 0 Å². The normalized spacial score (nSPS) is 13.5. The van der Waals surface area contributed by atoms with Gasteiger partial charge >= 0.3 is 0 Å².